The van der Waals surface area contributed by atoms with Gasteiger partial charge in [0.05, 0.1) is 19.4 Å². The smallest absolute Gasteiger partial charge is 0.316 e. The van der Waals surface area contributed by atoms with Gasteiger partial charge < -0.3 is 9.47 Å². The van der Waals surface area contributed by atoms with Crippen molar-refractivity contribution in [3.05, 3.63) is 66.9 Å². The molecule has 3 rings (SSSR count). The minimum Gasteiger partial charge on any atom is -0.469 e. The molecule has 0 atom stereocenters. The largest absolute Gasteiger partial charge is 0.469 e. The molecule has 0 spiro atoms. The highest BCUT2D eigenvalue weighted by atomic mass is 16.5. The lowest BCUT2D eigenvalue weighted by molar-refractivity contribution is -0.140. The number of ether oxygens (including phenoxy) is 2. The zero-order valence-corrected chi connectivity index (χ0v) is 18.1. The van der Waals surface area contributed by atoms with Crippen LogP contribution in [0.5, 0.6) is 6.01 Å². The van der Waals surface area contributed by atoms with E-state index in [0.29, 0.717) is 19.0 Å². The van der Waals surface area contributed by atoms with Gasteiger partial charge in [0.2, 0.25) is 0 Å². The summed E-state index contributed by atoms with van der Waals surface area (Å²) in [7, 11) is 1.43. The van der Waals surface area contributed by atoms with E-state index in [-0.39, 0.29) is 5.97 Å². The fourth-order valence-electron chi connectivity index (χ4n) is 3.42. The predicted molar refractivity (Wildman–Crippen MR) is 123 cm³/mol. The summed E-state index contributed by atoms with van der Waals surface area (Å²) in [6, 6.07) is 20.7. The Morgan fingerprint density at radius 2 is 1.42 bits per heavy atom. The molecule has 31 heavy (non-hydrogen) atoms. The van der Waals surface area contributed by atoms with Crippen LogP contribution in [0, 0.1) is 0 Å². The van der Waals surface area contributed by atoms with Crippen LogP contribution in [0.4, 0.5) is 0 Å². The van der Waals surface area contributed by atoms with Gasteiger partial charge in [0.25, 0.3) is 0 Å². The van der Waals surface area contributed by atoms with Crippen LogP contribution in [-0.2, 0) is 9.53 Å². The molecule has 5 heteroatoms. The van der Waals surface area contributed by atoms with E-state index in [4.69, 9.17) is 9.72 Å². The van der Waals surface area contributed by atoms with Gasteiger partial charge in [-0.25, -0.2) is 4.98 Å². The fourth-order valence-corrected chi connectivity index (χ4v) is 3.42. The number of nitrogens with zero attached hydrogens (tertiary/aromatic N) is 2. The van der Waals surface area contributed by atoms with Gasteiger partial charge in [-0.1, -0.05) is 86.3 Å². The van der Waals surface area contributed by atoms with Crippen molar-refractivity contribution >= 4 is 5.97 Å². The van der Waals surface area contributed by atoms with Gasteiger partial charge >= 0.3 is 12.0 Å². The van der Waals surface area contributed by atoms with Crippen molar-refractivity contribution in [3.8, 4) is 28.4 Å². The van der Waals surface area contributed by atoms with E-state index >= 15 is 0 Å². The van der Waals surface area contributed by atoms with Gasteiger partial charge in [-0.15, -0.1) is 0 Å². The van der Waals surface area contributed by atoms with E-state index in [1.165, 1.54) is 7.11 Å². The van der Waals surface area contributed by atoms with Gasteiger partial charge in [-0.3, -0.25) is 4.79 Å². The highest BCUT2D eigenvalue weighted by Gasteiger charge is 2.12. The molecule has 0 aliphatic rings. The molecule has 0 aliphatic carbocycles. The summed E-state index contributed by atoms with van der Waals surface area (Å²) in [4.78, 5) is 20.3. The molecule has 0 unspecified atom stereocenters. The van der Waals surface area contributed by atoms with Crippen LogP contribution >= 0.6 is 0 Å². The molecule has 0 saturated heterocycles. The molecule has 0 amide bonds. The van der Waals surface area contributed by atoms with E-state index in [1.807, 2.05) is 42.6 Å². The van der Waals surface area contributed by atoms with Crippen LogP contribution in [0.25, 0.3) is 22.4 Å². The summed E-state index contributed by atoms with van der Waals surface area (Å²) in [5.41, 5.74) is 3.99. The first-order valence-electron chi connectivity index (χ1n) is 11.0. The number of hydrogen-bond acceptors (Lipinski definition) is 5. The Kier molecular flexibility index (Phi) is 9.05. The van der Waals surface area contributed by atoms with Crippen molar-refractivity contribution in [3.63, 3.8) is 0 Å². The van der Waals surface area contributed by atoms with Crippen LogP contribution in [0.2, 0.25) is 0 Å². The maximum Gasteiger partial charge on any atom is 0.316 e. The molecular weight excluding hydrogens is 388 g/mol. The number of carbonyl (C=O) groups is 1. The Labute approximate surface area is 184 Å². The lowest BCUT2D eigenvalue weighted by Gasteiger charge is -2.11. The molecule has 2 aromatic carbocycles. The average Bonchev–Trinajstić information content (AvgIpc) is 2.83. The third-order valence-corrected chi connectivity index (χ3v) is 5.13. The monoisotopic (exact) mass is 418 g/mol. The third kappa shape index (κ3) is 7.21. The molecule has 0 bridgehead atoms. The molecular formula is C26H30N2O3. The van der Waals surface area contributed by atoms with Gasteiger partial charge in [-0.05, 0) is 18.4 Å². The van der Waals surface area contributed by atoms with Crippen molar-refractivity contribution in [1.82, 2.24) is 9.97 Å². The zero-order valence-electron chi connectivity index (χ0n) is 18.1. The molecule has 3 aromatic rings. The van der Waals surface area contributed by atoms with E-state index in [9.17, 15) is 4.79 Å². The van der Waals surface area contributed by atoms with Crippen LogP contribution < -0.4 is 4.74 Å². The molecule has 0 fully saturated rings. The summed E-state index contributed by atoms with van der Waals surface area (Å²) in [6.07, 6.45) is 8.62. The molecule has 162 valence electrons. The molecule has 1 heterocycles. The molecule has 0 aliphatic heterocycles. The molecule has 0 radical (unpaired) electrons. The third-order valence-electron chi connectivity index (χ3n) is 5.13. The van der Waals surface area contributed by atoms with Gasteiger partial charge in [0, 0.05) is 23.7 Å². The van der Waals surface area contributed by atoms with Crippen LogP contribution in [0.1, 0.15) is 44.9 Å². The maximum absolute atomic E-state index is 11.1. The Balaban J connectivity index is 1.51. The van der Waals surface area contributed by atoms with Crippen molar-refractivity contribution in [2.45, 2.75) is 44.9 Å². The Hall–Kier alpha value is -3.21. The SMILES string of the molecule is COC(=O)CCCCCCCCOc1ncc(-c2ccccc2)c(-c2ccccc2)n1. The number of hydrogen-bond donors (Lipinski definition) is 0. The minimum atomic E-state index is -0.124. The Morgan fingerprint density at radius 3 is 2.10 bits per heavy atom. The van der Waals surface area contributed by atoms with Gasteiger partial charge in [-0.2, -0.15) is 4.98 Å². The highest BCUT2D eigenvalue weighted by Crippen LogP contribution is 2.31. The first kappa shape index (κ1) is 22.5. The Morgan fingerprint density at radius 1 is 0.806 bits per heavy atom. The second-order valence-corrected chi connectivity index (χ2v) is 7.44. The topological polar surface area (TPSA) is 61.3 Å². The van der Waals surface area contributed by atoms with E-state index in [2.05, 4.69) is 34.0 Å². The van der Waals surface area contributed by atoms with Gasteiger partial charge in [0.1, 0.15) is 0 Å². The van der Waals surface area contributed by atoms with Crippen LogP contribution in [0.15, 0.2) is 66.9 Å². The van der Waals surface area contributed by atoms with Crippen molar-refractivity contribution in [2.75, 3.05) is 13.7 Å². The first-order valence-corrected chi connectivity index (χ1v) is 11.0. The number of methoxy groups -OCH3 is 1. The lowest BCUT2D eigenvalue weighted by atomic mass is 10.0. The number of unbranched alkanes of at least 4 members (excludes halogenated alkanes) is 5. The standard InChI is InChI=1S/C26H30N2O3/c1-30-24(29)18-12-4-2-3-5-13-19-31-26-27-20-23(21-14-8-6-9-15-21)25(28-26)22-16-10-7-11-17-22/h6-11,14-17,20H,2-5,12-13,18-19H2,1H3. The quantitative estimate of drug-likeness (QED) is 0.263. The second-order valence-electron chi connectivity index (χ2n) is 7.44. The van der Waals surface area contributed by atoms with Crippen LogP contribution in [-0.4, -0.2) is 29.7 Å². The van der Waals surface area contributed by atoms with Crippen molar-refractivity contribution < 1.29 is 14.3 Å². The molecule has 5 nitrogen and oxygen atoms in total. The van der Waals surface area contributed by atoms with Crippen molar-refractivity contribution in [2.24, 2.45) is 0 Å². The number of esters is 1. The lowest BCUT2D eigenvalue weighted by Crippen LogP contribution is -2.03. The van der Waals surface area contributed by atoms with Crippen LogP contribution in [0.3, 0.4) is 0 Å². The number of benzene rings is 2. The average molecular weight is 419 g/mol. The number of rotatable bonds is 12. The minimum absolute atomic E-state index is 0.124. The highest BCUT2D eigenvalue weighted by molar-refractivity contribution is 5.80. The molecule has 1 aromatic heterocycles. The number of aromatic nitrogens is 2. The molecule has 0 N–H and O–H groups in total. The number of carbonyl (C=O) groups excluding carboxylic acids is 1. The summed E-state index contributed by atoms with van der Waals surface area (Å²) < 4.78 is 10.5. The fraction of sp³-hybridized carbons (Fsp3) is 0.346. The van der Waals surface area contributed by atoms with E-state index in [0.717, 1.165) is 60.9 Å². The zero-order chi connectivity index (χ0) is 21.7. The predicted octanol–water partition coefficient (Wildman–Crippen LogP) is 6.09. The summed E-state index contributed by atoms with van der Waals surface area (Å²) in [5, 5.41) is 0. The van der Waals surface area contributed by atoms with Gasteiger partial charge in [0.15, 0.2) is 0 Å². The van der Waals surface area contributed by atoms with Crippen molar-refractivity contribution in [1.29, 1.82) is 0 Å². The maximum atomic E-state index is 11.1. The summed E-state index contributed by atoms with van der Waals surface area (Å²) in [5.74, 6) is -0.124. The van der Waals surface area contributed by atoms with E-state index < -0.39 is 0 Å². The summed E-state index contributed by atoms with van der Waals surface area (Å²) >= 11 is 0. The normalized spacial score (nSPS) is 10.6. The van der Waals surface area contributed by atoms with E-state index in [1.54, 1.807) is 0 Å². The first-order chi connectivity index (χ1) is 15.3. The second kappa shape index (κ2) is 12.5. The summed E-state index contributed by atoms with van der Waals surface area (Å²) in [6.45, 7) is 0.598. The Bertz CT molecular complexity index is 930. The molecule has 0 saturated carbocycles.